The Morgan fingerprint density at radius 3 is 2.57 bits per heavy atom. The highest BCUT2D eigenvalue weighted by atomic mass is 79.9. The van der Waals surface area contributed by atoms with E-state index in [0.29, 0.717) is 21.2 Å². The highest BCUT2D eigenvalue weighted by Crippen LogP contribution is 2.31. The molecule has 0 spiro atoms. The maximum atomic E-state index is 12.7. The molecule has 0 aliphatic heterocycles. The summed E-state index contributed by atoms with van der Waals surface area (Å²) in [6.07, 6.45) is 0. The molecule has 0 heterocycles. The second-order valence-electron chi connectivity index (χ2n) is 4.55. The molecule has 2 rings (SSSR count). The number of halogens is 3. The Bertz CT molecular complexity index is 752. The molecular formula is C16H10BrCl2NO. The lowest BCUT2D eigenvalue weighted by Crippen LogP contribution is -2.13. The molecule has 0 radical (unpaired) electrons. The summed E-state index contributed by atoms with van der Waals surface area (Å²) in [5.41, 5.74) is 1.78. The van der Waals surface area contributed by atoms with E-state index in [0.717, 1.165) is 10.0 Å². The minimum Gasteiger partial charge on any atom is -0.292 e. The van der Waals surface area contributed by atoms with Crippen LogP contribution in [0.3, 0.4) is 0 Å². The highest BCUT2D eigenvalue weighted by molar-refractivity contribution is 9.10. The fourth-order valence-electron chi connectivity index (χ4n) is 2.02. The van der Waals surface area contributed by atoms with Crippen molar-refractivity contribution in [2.45, 2.75) is 12.8 Å². The Morgan fingerprint density at radius 2 is 1.95 bits per heavy atom. The number of benzene rings is 2. The molecule has 0 saturated heterocycles. The van der Waals surface area contributed by atoms with E-state index in [4.69, 9.17) is 23.2 Å². The van der Waals surface area contributed by atoms with E-state index in [9.17, 15) is 10.1 Å². The highest BCUT2D eigenvalue weighted by Gasteiger charge is 2.25. The average Bonchev–Trinajstić information content (AvgIpc) is 2.44. The van der Waals surface area contributed by atoms with Gasteiger partial charge in [0.2, 0.25) is 0 Å². The van der Waals surface area contributed by atoms with Gasteiger partial charge in [-0.25, -0.2) is 0 Å². The predicted molar refractivity (Wildman–Crippen MR) is 88.0 cm³/mol. The topological polar surface area (TPSA) is 40.9 Å². The molecule has 0 aliphatic carbocycles. The van der Waals surface area contributed by atoms with Gasteiger partial charge in [0.15, 0.2) is 5.78 Å². The van der Waals surface area contributed by atoms with Gasteiger partial charge in [-0.05, 0) is 42.3 Å². The van der Waals surface area contributed by atoms with Gasteiger partial charge in [-0.15, -0.1) is 0 Å². The van der Waals surface area contributed by atoms with E-state index in [-0.39, 0.29) is 5.78 Å². The lowest BCUT2D eigenvalue weighted by atomic mass is 9.90. The van der Waals surface area contributed by atoms with Crippen LogP contribution in [0.2, 0.25) is 10.0 Å². The Hall–Kier alpha value is -1.34. The minimum absolute atomic E-state index is 0.277. The van der Waals surface area contributed by atoms with Gasteiger partial charge in [-0.3, -0.25) is 4.79 Å². The lowest BCUT2D eigenvalue weighted by Gasteiger charge is -2.13. The molecule has 1 atom stereocenters. The van der Waals surface area contributed by atoms with Crippen molar-refractivity contribution < 1.29 is 4.79 Å². The monoisotopic (exact) mass is 381 g/mol. The first-order valence-electron chi connectivity index (χ1n) is 6.09. The van der Waals surface area contributed by atoms with Crippen molar-refractivity contribution >= 4 is 44.9 Å². The van der Waals surface area contributed by atoms with E-state index < -0.39 is 5.92 Å². The standard InChI is InChI=1S/C16H10BrCl2NO/c1-9-2-3-10(17)6-13(9)16(21)14(8-20)12-5-4-11(18)7-15(12)19/h2-7,14H,1H3. The first kappa shape index (κ1) is 16.0. The van der Waals surface area contributed by atoms with Crippen LogP contribution >= 0.6 is 39.1 Å². The van der Waals surface area contributed by atoms with E-state index in [1.54, 1.807) is 18.2 Å². The number of Topliss-reactive ketones (excluding diaryl/α,β-unsaturated/α-hetero) is 1. The van der Waals surface area contributed by atoms with E-state index in [2.05, 4.69) is 15.9 Å². The van der Waals surface area contributed by atoms with E-state index in [1.165, 1.54) is 6.07 Å². The molecular weight excluding hydrogens is 373 g/mol. The quantitative estimate of drug-likeness (QED) is 0.652. The molecule has 0 aromatic heterocycles. The first-order chi connectivity index (χ1) is 9.93. The molecule has 0 aliphatic rings. The smallest absolute Gasteiger partial charge is 0.184 e. The van der Waals surface area contributed by atoms with Crippen LogP contribution in [-0.2, 0) is 0 Å². The molecule has 0 saturated carbocycles. The molecule has 0 amide bonds. The van der Waals surface area contributed by atoms with Gasteiger partial charge < -0.3 is 0 Å². The van der Waals surface area contributed by atoms with Gasteiger partial charge in [0, 0.05) is 20.1 Å². The molecule has 2 aromatic rings. The number of carbonyl (C=O) groups is 1. The van der Waals surface area contributed by atoms with Gasteiger partial charge in [-0.2, -0.15) is 5.26 Å². The maximum Gasteiger partial charge on any atom is 0.184 e. The number of hydrogen-bond donors (Lipinski definition) is 0. The maximum absolute atomic E-state index is 12.7. The van der Waals surface area contributed by atoms with Crippen molar-refractivity contribution in [1.29, 1.82) is 5.26 Å². The summed E-state index contributed by atoms with van der Waals surface area (Å²) in [7, 11) is 0. The molecule has 2 nitrogen and oxygen atoms in total. The zero-order valence-electron chi connectivity index (χ0n) is 11.0. The van der Waals surface area contributed by atoms with Crippen molar-refractivity contribution in [3.63, 3.8) is 0 Å². The van der Waals surface area contributed by atoms with Crippen LogP contribution in [0.5, 0.6) is 0 Å². The van der Waals surface area contributed by atoms with Gasteiger partial charge in [0.25, 0.3) is 0 Å². The number of ketones is 1. The normalized spacial score (nSPS) is 11.8. The minimum atomic E-state index is -0.956. The van der Waals surface area contributed by atoms with Crippen molar-refractivity contribution in [1.82, 2.24) is 0 Å². The summed E-state index contributed by atoms with van der Waals surface area (Å²) in [6.45, 7) is 1.83. The van der Waals surface area contributed by atoms with Crippen molar-refractivity contribution in [2.75, 3.05) is 0 Å². The molecule has 1 unspecified atom stereocenters. The molecule has 0 fully saturated rings. The number of hydrogen-bond acceptors (Lipinski definition) is 2. The van der Waals surface area contributed by atoms with Crippen molar-refractivity contribution in [3.05, 3.63) is 67.6 Å². The third-order valence-electron chi connectivity index (χ3n) is 3.13. The third kappa shape index (κ3) is 3.47. The lowest BCUT2D eigenvalue weighted by molar-refractivity contribution is 0.0978. The second-order valence-corrected chi connectivity index (χ2v) is 6.31. The number of carbonyl (C=O) groups excluding carboxylic acids is 1. The molecule has 2 aromatic carbocycles. The first-order valence-corrected chi connectivity index (χ1v) is 7.64. The average molecular weight is 383 g/mol. The number of aryl methyl sites for hydroxylation is 1. The summed E-state index contributed by atoms with van der Waals surface area (Å²) in [5, 5.41) is 10.2. The van der Waals surface area contributed by atoms with Gasteiger partial charge in [0.05, 0.1) is 6.07 Å². The fraction of sp³-hybridized carbons (Fsp3) is 0.125. The van der Waals surface area contributed by atoms with Crippen molar-refractivity contribution in [2.24, 2.45) is 0 Å². The zero-order valence-corrected chi connectivity index (χ0v) is 14.1. The molecule has 0 N–H and O–H groups in total. The summed E-state index contributed by atoms with van der Waals surface area (Å²) >= 11 is 15.3. The van der Waals surface area contributed by atoms with E-state index >= 15 is 0 Å². The van der Waals surface area contributed by atoms with Crippen LogP contribution < -0.4 is 0 Å². The van der Waals surface area contributed by atoms with Crippen LogP contribution in [0.15, 0.2) is 40.9 Å². The molecule has 106 valence electrons. The van der Waals surface area contributed by atoms with Gasteiger partial charge in [0.1, 0.15) is 5.92 Å². The van der Waals surface area contributed by atoms with Crippen LogP contribution in [0.25, 0.3) is 0 Å². The fourth-order valence-corrected chi connectivity index (χ4v) is 2.90. The van der Waals surface area contributed by atoms with Gasteiger partial charge in [-0.1, -0.05) is 51.3 Å². The Kier molecular flexibility index (Phi) is 5.05. The summed E-state index contributed by atoms with van der Waals surface area (Å²) < 4.78 is 0.787. The van der Waals surface area contributed by atoms with Gasteiger partial charge >= 0.3 is 0 Å². The number of nitrogens with zero attached hydrogens (tertiary/aromatic N) is 1. The van der Waals surface area contributed by atoms with Crippen LogP contribution in [0.1, 0.15) is 27.4 Å². The Morgan fingerprint density at radius 1 is 1.24 bits per heavy atom. The van der Waals surface area contributed by atoms with Crippen LogP contribution in [0, 0.1) is 18.3 Å². The molecule has 5 heteroatoms. The Balaban J connectivity index is 2.49. The van der Waals surface area contributed by atoms with E-state index in [1.807, 2.05) is 25.1 Å². The van der Waals surface area contributed by atoms with Crippen LogP contribution in [-0.4, -0.2) is 5.78 Å². The molecule has 0 bridgehead atoms. The molecule has 21 heavy (non-hydrogen) atoms. The summed E-state index contributed by atoms with van der Waals surface area (Å²) in [4.78, 5) is 12.7. The summed E-state index contributed by atoms with van der Waals surface area (Å²) in [6, 6.07) is 12.2. The zero-order chi connectivity index (χ0) is 15.6. The predicted octanol–water partition coefficient (Wildman–Crippen LogP) is 5.55. The SMILES string of the molecule is Cc1ccc(Br)cc1C(=O)C(C#N)c1ccc(Cl)cc1Cl. The summed E-state index contributed by atoms with van der Waals surface area (Å²) in [5.74, 6) is -1.23. The second kappa shape index (κ2) is 6.62. The Labute approximate surface area is 141 Å². The van der Waals surface area contributed by atoms with Crippen molar-refractivity contribution in [3.8, 4) is 6.07 Å². The van der Waals surface area contributed by atoms with Crippen LogP contribution in [0.4, 0.5) is 0 Å². The number of rotatable bonds is 3. The number of nitriles is 1. The third-order valence-corrected chi connectivity index (χ3v) is 4.19. The largest absolute Gasteiger partial charge is 0.292 e.